The molecule has 3 aliphatic heterocycles. The fraction of sp³-hybridized carbons (Fsp3) is 0.527. The largest absolute Gasteiger partial charge is 0.493 e. The Morgan fingerprint density at radius 1 is 0.743 bits per heavy atom. The lowest BCUT2D eigenvalue weighted by atomic mass is 10.1. The third kappa shape index (κ3) is 16.4. The summed E-state index contributed by atoms with van der Waals surface area (Å²) in [4.78, 5) is 58.1. The van der Waals surface area contributed by atoms with Crippen LogP contribution in [0.15, 0.2) is 69.7 Å². The molecule has 2 amide bonds. The van der Waals surface area contributed by atoms with Crippen LogP contribution in [-0.2, 0) is 41.7 Å². The Balaban J connectivity index is 1.08. The first-order chi connectivity index (χ1) is 36.1. The van der Waals surface area contributed by atoms with Gasteiger partial charge < -0.3 is 62.0 Å². The number of rotatable bonds is 33. The Bertz CT molecular complexity index is 2430. The van der Waals surface area contributed by atoms with Gasteiger partial charge in [-0.1, -0.05) is 23.3 Å². The number of hydrogen-bond donors (Lipinski definition) is 0. The van der Waals surface area contributed by atoms with Crippen molar-refractivity contribution < 1.29 is 61.8 Å². The van der Waals surface area contributed by atoms with E-state index in [0.29, 0.717) is 148 Å². The van der Waals surface area contributed by atoms with Crippen LogP contribution in [0.1, 0.15) is 78.6 Å². The first kappa shape index (κ1) is 57.1. The number of fused-ring (bicyclic) bond motifs is 2. The summed E-state index contributed by atoms with van der Waals surface area (Å²) < 4.78 is 58.3. The van der Waals surface area contributed by atoms with E-state index in [1.54, 1.807) is 43.5 Å². The molecule has 3 aliphatic rings. The number of pyridine rings is 1. The molecule has 2 saturated heterocycles. The van der Waals surface area contributed by atoms with Crippen LogP contribution in [0.3, 0.4) is 0 Å². The van der Waals surface area contributed by atoms with Crippen molar-refractivity contribution in [1.29, 1.82) is 0 Å². The number of likely N-dealkylation sites (tertiary alicyclic amines) is 1. The molecule has 0 radical (unpaired) electrons. The van der Waals surface area contributed by atoms with Gasteiger partial charge in [-0.2, -0.15) is 0 Å². The van der Waals surface area contributed by atoms with Crippen molar-refractivity contribution in [3.05, 3.63) is 82.2 Å². The maximum absolute atomic E-state index is 13.8. The minimum Gasteiger partial charge on any atom is -0.493 e. The van der Waals surface area contributed by atoms with Crippen molar-refractivity contribution in [2.75, 3.05) is 120 Å². The molecule has 0 saturated carbocycles. The van der Waals surface area contributed by atoms with Crippen molar-refractivity contribution in [1.82, 2.24) is 19.7 Å². The van der Waals surface area contributed by atoms with Crippen molar-refractivity contribution >= 4 is 42.4 Å². The highest BCUT2D eigenvalue weighted by Crippen LogP contribution is 2.40. The van der Waals surface area contributed by atoms with Gasteiger partial charge in [0.05, 0.1) is 114 Å². The maximum atomic E-state index is 13.8. The molecule has 1 aromatic heterocycles. The molecule has 2 fully saturated rings. The number of unbranched alkanes of at least 4 members (excludes halogenated alkanes) is 1. The van der Waals surface area contributed by atoms with Crippen LogP contribution >= 0.6 is 0 Å². The SMILES string of the molecule is C=Nc1cc(OCc2cc(OCCOCCOCCN(CCCC=O)CCOCCOCCOC)cc(COc3cc4c(cc3OC)C(=O)N3C/C(=C/C)CC3C=N4)n2)c(OC)cc1C(=O)N1C/C(=C/C)C[C@H]1C. The minimum absolute atomic E-state index is 0.00455. The zero-order valence-electron chi connectivity index (χ0n) is 44.0. The van der Waals surface area contributed by atoms with E-state index in [9.17, 15) is 14.4 Å². The van der Waals surface area contributed by atoms with Crippen LogP contribution in [-0.4, -0.2) is 183 Å². The molecule has 3 aromatic rings. The number of hydrogen-bond acceptors (Lipinski definition) is 17. The maximum Gasteiger partial charge on any atom is 0.257 e. The molecule has 0 bridgehead atoms. The number of amides is 2. The smallest absolute Gasteiger partial charge is 0.257 e. The van der Waals surface area contributed by atoms with E-state index in [0.717, 1.165) is 38.6 Å². The summed E-state index contributed by atoms with van der Waals surface area (Å²) >= 11 is 0. The molecule has 1 unspecified atom stereocenters. The molecule has 19 heteroatoms. The van der Waals surface area contributed by atoms with E-state index in [1.165, 1.54) is 25.4 Å². The van der Waals surface area contributed by atoms with Gasteiger partial charge in [0.15, 0.2) is 23.0 Å². The van der Waals surface area contributed by atoms with Crippen molar-refractivity contribution in [2.24, 2.45) is 9.98 Å². The summed E-state index contributed by atoms with van der Waals surface area (Å²) in [6, 6.07) is 10.1. The van der Waals surface area contributed by atoms with Gasteiger partial charge >= 0.3 is 0 Å². The standard InChI is InChI=1S/C55H74N6O13/c1-8-40-26-39(3)60(35-40)54(63)46-30-50(66-6)52(32-48(46)56-4)73-37-42-28-45(72-25-24-71-23-21-69-17-14-59(12-10-11-15-62)13-16-68-20-22-70-19-18-65-5)29-43(58-42)38-74-53-33-49-47(31-51(53)67-7)55(64)61-36-41(9-2)27-44(61)34-57-49/h8-9,15,28-34,39,44H,4,10-14,16-27,35-38H2,1-3,5-7H3/b40-8+,41-9+/t39-,44?/m1/s1. The topological polar surface area (TPSA) is 191 Å². The first-order valence-electron chi connectivity index (χ1n) is 25.3. The monoisotopic (exact) mass is 1030 g/mol. The van der Waals surface area contributed by atoms with Gasteiger partial charge in [0.25, 0.3) is 11.8 Å². The van der Waals surface area contributed by atoms with E-state index in [1.807, 2.05) is 36.8 Å². The quantitative estimate of drug-likeness (QED) is 0.0262. The van der Waals surface area contributed by atoms with Gasteiger partial charge in [-0.05, 0) is 65.4 Å². The molecule has 0 N–H and O–H groups in total. The average molecular weight is 1030 g/mol. The second-order valence-electron chi connectivity index (χ2n) is 17.9. The van der Waals surface area contributed by atoms with E-state index in [-0.39, 0.29) is 43.7 Å². The fourth-order valence-electron chi connectivity index (χ4n) is 8.73. The Kier molecular flexibility index (Phi) is 23.3. The molecule has 402 valence electrons. The zero-order valence-corrected chi connectivity index (χ0v) is 44.0. The molecule has 4 heterocycles. The first-order valence-corrected chi connectivity index (χ1v) is 25.3. The summed E-state index contributed by atoms with van der Waals surface area (Å²) in [5.41, 5.74) is 5.09. The normalized spacial score (nSPS) is 17.2. The Morgan fingerprint density at radius 3 is 1.96 bits per heavy atom. The average Bonchev–Trinajstić information content (AvgIpc) is 4.00. The highest BCUT2D eigenvalue weighted by molar-refractivity contribution is 6.04. The van der Waals surface area contributed by atoms with Gasteiger partial charge in [-0.25, -0.2) is 0 Å². The number of aldehydes is 1. The number of allylic oxidation sites excluding steroid dienone is 2. The molecule has 19 nitrogen and oxygen atoms in total. The third-order valence-electron chi connectivity index (χ3n) is 12.9. The van der Waals surface area contributed by atoms with E-state index >= 15 is 0 Å². The lowest BCUT2D eigenvalue weighted by Gasteiger charge is -2.22. The molecule has 74 heavy (non-hydrogen) atoms. The number of nitrogens with zero attached hydrogens (tertiary/aromatic N) is 6. The van der Waals surface area contributed by atoms with Crippen LogP contribution in [0.2, 0.25) is 0 Å². The van der Waals surface area contributed by atoms with E-state index in [2.05, 4.69) is 28.8 Å². The summed E-state index contributed by atoms with van der Waals surface area (Å²) in [7, 11) is 4.68. The zero-order chi connectivity index (χ0) is 52.7. The molecular formula is C55H74N6O13. The van der Waals surface area contributed by atoms with Crippen LogP contribution in [0.5, 0.6) is 28.7 Å². The number of ether oxygens (including phenoxy) is 10. The molecular weight excluding hydrogens is 953 g/mol. The number of carbonyl (C=O) groups is 3. The lowest BCUT2D eigenvalue weighted by Crippen LogP contribution is -2.35. The summed E-state index contributed by atoms with van der Waals surface area (Å²) in [6.45, 7) is 17.5. The number of carbonyl (C=O) groups excluding carboxylic acids is 3. The van der Waals surface area contributed by atoms with E-state index in [4.69, 9.17) is 57.3 Å². The molecule has 0 spiro atoms. The van der Waals surface area contributed by atoms with Crippen LogP contribution < -0.4 is 23.7 Å². The van der Waals surface area contributed by atoms with Crippen molar-refractivity contribution in [3.8, 4) is 28.7 Å². The molecule has 6 rings (SSSR count). The van der Waals surface area contributed by atoms with Gasteiger partial charge in [0.2, 0.25) is 0 Å². The summed E-state index contributed by atoms with van der Waals surface area (Å²) in [6.07, 6.45) is 9.70. The van der Waals surface area contributed by atoms with Crippen LogP contribution in [0.4, 0.5) is 11.4 Å². The van der Waals surface area contributed by atoms with Gasteiger partial charge in [0.1, 0.15) is 31.9 Å². The molecule has 2 aromatic carbocycles. The van der Waals surface area contributed by atoms with Gasteiger partial charge in [-0.3, -0.25) is 29.5 Å². The minimum atomic E-state index is -0.165. The second kappa shape index (κ2) is 30.2. The fourth-order valence-corrected chi connectivity index (χ4v) is 8.73. The number of methoxy groups -OCH3 is 3. The second-order valence-corrected chi connectivity index (χ2v) is 17.9. The summed E-state index contributed by atoms with van der Waals surface area (Å²) in [5.74, 6) is 1.68. The number of aliphatic imine (C=N–C) groups is 2. The van der Waals surface area contributed by atoms with E-state index < -0.39 is 0 Å². The van der Waals surface area contributed by atoms with Gasteiger partial charge in [0, 0.05) is 76.2 Å². The van der Waals surface area contributed by atoms with Crippen molar-refractivity contribution in [2.45, 2.75) is 71.8 Å². The van der Waals surface area contributed by atoms with Crippen LogP contribution in [0.25, 0.3) is 0 Å². The Morgan fingerprint density at radius 2 is 1.35 bits per heavy atom. The third-order valence-corrected chi connectivity index (χ3v) is 12.9. The molecule has 2 atom stereocenters. The van der Waals surface area contributed by atoms with Crippen molar-refractivity contribution in [3.63, 3.8) is 0 Å². The highest BCUT2D eigenvalue weighted by atomic mass is 16.6. The highest BCUT2D eigenvalue weighted by Gasteiger charge is 2.35. The predicted molar refractivity (Wildman–Crippen MR) is 281 cm³/mol. The lowest BCUT2D eigenvalue weighted by molar-refractivity contribution is -0.108. The summed E-state index contributed by atoms with van der Waals surface area (Å²) in [5, 5.41) is 0. The Labute approximate surface area is 435 Å². The Hall–Kier alpha value is -6.22. The number of benzene rings is 2. The predicted octanol–water partition coefficient (Wildman–Crippen LogP) is 7.02. The van der Waals surface area contributed by atoms with Gasteiger partial charge in [-0.15, -0.1) is 0 Å². The molecule has 0 aliphatic carbocycles. The number of aromatic nitrogens is 1. The van der Waals surface area contributed by atoms with Crippen LogP contribution in [0, 0.1) is 0 Å².